The molecule has 3 heterocycles. The first-order valence-electron chi connectivity index (χ1n) is 8.86. The molecule has 1 saturated heterocycles. The SMILES string of the molecule is Cc1oc(-c2ccco2)nc1CN1CCCN(C(=O)C(C)(C)C)CC1. The Hall–Kier alpha value is -2.08. The molecule has 1 amide bonds. The van der Waals surface area contributed by atoms with E-state index in [1.54, 1.807) is 6.26 Å². The molecule has 0 atom stereocenters. The molecule has 2 aromatic heterocycles. The Morgan fingerprint density at radius 2 is 2.04 bits per heavy atom. The number of furan rings is 1. The van der Waals surface area contributed by atoms with E-state index >= 15 is 0 Å². The Morgan fingerprint density at radius 3 is 2.72 bits per heavy atom. The summed E-state index contributed by atoms with van der Waals surface area (Å²) in [7, 11) is 0. The molecule has 0 N–H and O–H groups in total. The highest BCUT2D eigenvalue weighted by Gasteiger charge is 2.28. The lowest BCUT2D eigenvalue weighted by Crippen LogP contribution is -2.41. The van der Waals surface area contributed by atoms with E-state index in [4.69, 9.17) is 8.83 Å². The Balaban J connectivity index is 1.64. The van der Waals surface area contributed by atoms with Gasteiger partial charge in [-0.05, 0) is 25.5 Å². The van der Waals surface area contributed by atoms with E-state index in [0.29, 0.717) is 11.7 Å². The van der Waals surface area contributed by atoms with Gasteiger partial charge < -0.3 is 13.7 Å². The highest BCUT2D eigenvalue weighted by Crippen LogP contribution is 2.23. The van der Waals surface area contributed by atoms with Gasteiger partial charge in [-0.3, -0.25) is 9.69 Å². The summed E-state index contributed by atoms with van der Waals surface area (Å²) in [6.07, 6.45) is 2.59. The number of carbonyl (C=O) groups excluding carboxylic acids is 1. The highest BCUT2D eigenvalue weighted by atomic mass is 16.4. The summed E-state index contributed by atoms with van der Waals surface area (Å²) in [5, 5.41) is 0. The van der Waals surface area contributed by atoms with Gasteiger partial charge in [0.2, 0.25) is 5.91 Å². The fourth-order valence-electron chi connectivity index (χ4n) is 3.10. The van der Waals surface area contributed by atoms with Crippen LogP contribution in [0.15, 0.2) is 27.2 Å². The zero-order valence-electron chi connectivity index (χ0n) is 15.5. The van der Waals surface area contributed by atoms with Gasteiger partial charge in [-0.15, -0.1) is 0 Å². The van der Waals surface area contributed by atoms with Gasteiger partial charge in [0.05, 0.1) is 12.0 Å². The van der Waals surface area contributed by atoms with Gasteiger partial charge in [0.25, 0.3) is 5.89 Å². The van der Waals surface area contributed by atoms with Crippen LogP contribution in [-0.4, -0.2) is 46.9 Å². The third-order valence-electron chi connectivity index (χ3n) is 4.52. The number of aromatic nitrogens is 1. The lowest BCUT2D eigenvalue weighted by molar-refractivity contribution is -0.139. The average molecular weight is 345 g/mol. The minimum absolute atomic E-state index is 0.229. The van der Waals surface area contributed by atoms with Crippen molar-refractivity contribution in [3.63, 3.8) is 0 Å². The zero-order valence-corrected chi connectivity index (χ0v) is 15.5. The topological polar surface area (TPSA) is 62.7 Å². The van der Waals surface area contributed by atoms with Crippen molar-refractivity contribution in [2.24, 2.45) is 5.41 Å². The van der Waals surface area contributed by atoms with E-state index in [-0.39, 0.29) is 11.3 Å². The minimum Gasteiger partial charge on any atom is -0.459 e. The number of carbonyl (C=O) groups is 1. The largest absolute Gasteiger partial charge is 0.459 e. The standard InChI is InChI=1S/C19H27N3O3/c1-14-15(20-17(25-14)16-7-5-12-24-16)13-21-8-6-9-22(11-10-21)18(23)19(2,3)4/h5,7,12H,6,8-11,13H2,1-4H3. The monoisotopic (exact) mass is 345 g/mol. The fraction of sp³-hybridized carbons (Fsp3) is 0.579. The Bertz CT molecular complexity index is 713. The van der Waals surface area contributed by atoms with Gasteiger partial charge in [-0.1, -0.05) is 20.8 Å². The molecule has 25 heavy (non-hydrogen) atoms. The van der Waals surface area contributed by atoms with Crippen molar-refractivity contribution in [3.8, 4) is 11.7 Å². The molecular formula is C19H27N3O3. The molecule has 6 heteroatoms. The second kappa shape index (κ2) is 7.04. The fourth-order valence-corrected chi connectivity index (χ4v) is 3.10. The van der Waals surface area contributed by atoms with Crippen LogP contribution < -0.4 is 0 Å². The predicted octanol–water partition coefficient (Wildman–Crippen LogP) is 3.32. The van der Waals surface area contributed by atoms with Crippen molar-refractivity contribution in [2.75, 3.05) is 26.2 Å². The summed E-state index contributed by atoms with van der Waals surface area (Å²) < 4.78 is 11.1. The first-order valence-corrected chi connectivity index (χ1v) is 8.86. The van der Waals surface area contributed by atoms with Gasteiger partial charge in [-0.2, -0.15) is 0 Å². The average Bonchev–Trinajstić information content (AvgIpc) is 3.13. The number of rotatable bonds is 3. The normalized spacial score (nSPS) is 16.9. The van der Waals surface area contributed by atoms with Crippen LogP contribution in [0.25, 0.3) is 11.7 Å². The van der Waals surface area contributed by atoms with Gasteiger partial charge in [0.15, 0.2) is 5.76 Å². The molecule has 0 bridgehead atoms. The number of nitrogens with zero attached hydrogens (tertiary/aromatic N) is 3. The van der Waals surface area contributed by atoms with E-state index in [9.17, 15) is 4.79 Å². The number of amides is 1. The molecule has 0 spiro atoms. The van der Waals surface area contributed by atoms with E-state index in [0.717, 1.165) is 50.6 Å². The highest BCUT2D eigenvalue weighted by molar-refractivity contribution is 5.81. The Morgan fingerprint density at radius 1 is 1.24 bits per heavy atom. The van der Waals surface area contributed by atoms with E-state index in [1.165, 1.54) is 0 Å². The Kier molecular flexibility index (Phi) is 4.99. The first kappa shape index (κ1) is 17.7. The lowest BCUT2D eigenvalue weighted by Gasteiger charge is -2.28. The summed E-state index contributed by atoms with van der Waals surface area (Å²) in [5.41, 5.74) is 0.609. The van der Waals surface area contributed by atoms with Crippen molar-refractivity contribution in [3.05, 3.63) is 29.9 Å². The number of hydrogen-bond donors (Lipinski definition) is 0. The maximum absolute atomic E-state index is 12.5. The molecule has 1 aliphatic heterocycles. The maximum atomic E-state index is 12.5. The van der Waals surface area contributed by atoms with Crippen LogP contribution in [0, 0.1) is 12.3 Å². The molecule has 1 fully saturated rings. The second-order valence-corrected chi connectivity index (χ2v) is 7.67. The van der Waals surface area contributed by atoms with Crippen molar-refractivity contribution in [1.82, 2.24) is 14.8 Å². The van der Waals surface area contributed by atoms with Crippen LogP contribution in [0.3, 0.4) is 0 Å². The summed E-state index contributed by atoms with van der Waals surface area (Å²) in [5.74, 6) is 2.22. The van der Waals surface area contributed by atoms with Crippen LogP contribution in [0.1, 0.15) is 38.6 Å². The van der Waals surface area contributed by atoms with Crippen LogP contribution in [0.2, 0.25) is 0 Å². The maximum Gasteiger partial charge on any atom is 0.263 e. The smallest absolute Gasteiger partial charge is 0.263 e. The summed E-state index contributed by atoms with van der Waals surface area (Å²) in [4.78, 5) is 21.4. The number of hydrogen-bond acceptors (Lipinski definition) is 5. The minimum atomic E-state index is -0.324. The van der Waals surface area contributed by atoms with Crippen molar-refractivity contribution < 1.29 is 13.6 Å². The molecule has 3 rings (SSSR count). The van der Waals surface area contributed by atoms with Gasteiger partial charge in [0, 0.05) is 38.1 Å². The van der Waals surface area contributed by atoms with Crippen molar-refractivity contribution in [2.45, 2.75) is 40.7 Å². The third-order valence-corrected chi connectivity index (χ3v) is 4.52. The van der Waals surface area contributed by atoms with Gasteiger partial charge in [0.1, 0.15) is 5.76 Å². The van der Waals surface area contributed by atoms with E-state index in [1.807, 2.05) is 44.7 Å². The van der Waals surface area contributed by atoms with Crippen molar-refractivity contribution in [1.29, 1.82) is 0 Å². The van der Waals surface area contributed by atoms with Crippen LogP contribution >= 0.6 is 0 Å². The van der Waals surface area contributed by atoms with E-state index < -0.39 is 0 Å². The molecule has 0 unspecified atom stereocenters. The first-order chi connectivity index (χ1) is 11.8. The molecule has 2 aromatic rings. The third kappa shape index (κ3) is 4.12. The molecule has 136 valence electrons. The van der Waals surface area contributed by atoms with Crippen LogP contribution in [-0.2, 0) is 11.3 Å². The molecule has 0 aliphatic carbocycles. The van der Waals surface area contributed by atoms with Crippen LogP contribution in [0.5, 0.6) is 0 Å². The van der Waals surface area contributed by atoms with Gasteiger partial charge in [-0.25, -0.2) is 4.98 Å². The zero-order chi connectivity index (χ0) is 18.0. The molecular weight excluding hydrogens is 318 g/mol. The summed E-state index contributed by atoms with van der Waals surface area (Å²) >= 11 is 0. The molecule has 0 radical (unpaired) electrons. The van der Waals surface area contributed by atoms with Crippen molar-refractivity contribution >= 4 is 5.91 Å². The predicted molar refractivity (Wildman–Crippen MR) is 94.9 cm³/mol. The quantitative estimate of drug-likeness (QED) is 0.854. The lowest BCUT2D eigenvalue weighted by atomic mass is 9.94. The number of aryl methyl sites for hydroxylation is 1. The molecule has 0 saturated carbocycles. The second-order valence-electron chi connectivity index (χ2n) is 7.67. The Labute approximate surface area is 148 Å². The van der Waals surface area contributed by atoms with E-state index in [2.05, 4.69) is 9.88 Å². The van der Waals surface area contributed by atoms with Gasteiger partial charge >= 0.3 is 0 Å². The number of oxazole rings is 1. The summed E-state index contributed by atoms with van der Waals surface area (Å²) in [6.45, 7) is 12.0. The molecule has 0 aromatic carbocycles. The van der Waals surface area contributed by atoms with Crippen LogP contribution in [0.4, 0.5) is 0 Å². The molecule has 6 nitrogen and oxygen atoms in total. The molecule has 1 aliphatic rings. The summed E-state index contributed by atoms with van der Waals surface area (Å²) in [6, 6.07) is 3.67.